The number of hydrogen-bond acceptors (Lipinski definition) is 6. The molecule has 0 bridgehead atoms. The van der Waals surface area contributed by atoms with Crippen molar-refractivity contribution in [1.82, 2.24) is 9.97 Å². The van der Waals surface area contributed by atoms with E-state index in [1.54, 1.807) is 38.1 Å². The van der Waals surface area contributed by atoms with Crippen LogP contribution in [0.2, 0.25) is 0 Å². The Morgan fingerprint density at radius 1 is 1.29 bits per heavy atom. The zero-order valence-electron chi connectivity index (χ0n) is 15.0. The molecular weight excluding hydrogens is 390 g/mol. The number of carbonyl (C=O) groups is 1. The first-order chi connectivity index (χ1) is 13.4. The van der Waals surface area contributed by atoms with E-state index in [1.165, 1.54) is 12.1 Å². The maximum atomic E-state index is 12.4. The molecule has 0 fully saturated rings. The maximum Gasteiger partial charge on any atom is 0.387 e. The molecule has 1 aromatic carbocycles. The van der Waals surface area contributed by atoms with Gasteiger partial charge in [0.25, 0.3) is 5.56 Å². The third-order valence-corrected chi connectivity index (χ3v) is 4.98. The molecule has 2 heterocycles. The summed E-state index contributed by atoms with van der Waals surface area (Å²) in [6, 6.07) is 6.02. The van der Waals surface area contributed by atoms with Gasteiger partial charge in [0.2, 0.25) is 0 Å². The summed E-state index contributed by atoms with van der Waals surface area (Å²) in [5, 5.41) is 0.360. The Morgan fingerprint density at radius 2 is 2.00 bits per heavy atom. The fraction of sp³-hybridized carbons (Fsp3) is 0.211. The van der Waals surface area contributed by atoms with Gasteiger partial charge in [-0.3, -0.25) is 4.79 Å². The van der Waals surface area contributed by atoms with Crippen LogP contribution in [-0.2, 0) is 4.74 Å². The lowest BCUT2D eigenvalue weighted by Crippen LogP contribution is -2.10. The number of H-pyrrole nitrogens is 1. The highest BCUT2D eigenvalue weighted by molar-refractivity contribution is 7.20. The lowest BCUT2D eigenvalue weighted by Gasteiger charge is -2.03. The highest BCUT2D eigenvalue weighted by atomic mass is 32.1. The van der Waals surface area contributed by atoms with Gasteiger partial charge in [-0.1, -0.05) is 18.2 Å². The highest BCUT2D eigenvalue weighted by Gasteiger charge is 2.19. The number of aromatic nitrogens is 2. The van der Waals surface area contributed by atoms with E-state index in [1.807, 2.05) is 0 Å². The maximum absolute atomic E-state index is 12.4. The Hall–Kier alpha value is -3.07. The van der Waals surface area contributed by atoms with Crippen LogP contribution < -0.4 is 10.3 Å². The molecule has 0 saturated carbocycles. The Morgan fingerprint density at radius 3 is 2.64 bits per heavy atom. The number of fused-ring (bicyclic) bond motifs is 1. The number of aryl methyl sites for hydroxylation is 1. The predicted octanol–water partition coefficient (Wildman–Crippen LogP) is 4.24. The van der Waals surface area contributed by atoms with Crippen molar-refractivity contribution in [1.29, 1.82) is 0 Å². The lowest BCUT2D eigenvalue weighted by molar-refractivity contribution is -0.0498. The number of alkyl halides is 2. The number of carbonyl (C=O) groups excluding carboxylic acids is 1. The van der Waals surface area contributed by atoms with Gasteiger partial charge in [0.1, 0.15) is 21.3 Å². The summed E-state index contributed by atoms with van der Waals surface area (Å²) in [5.41, 5.74) is 0.894. The molecule has 6 nitrogen and oxygen atoms in total. The third kappa shape index (κ3) is 4.25. The summed E-state index contributed by atoms with van der Waals surface area (Å²) in [7, 11) is 0. The first-order valence-electron chi connectivity index (χ1n) is 8.32. The molecule has 146 valence electrons. The van der Waals surface area contributed by atoms with Crippen LogP contribution in [0.4, 0.5) is 8.78 Å². The number of nitrogens with zero attached hydrogens (tertiary/aromatic N) is 1. The molecule has 2 aromatic heterocycles. The number of rotatable bonds is 6. The van der Waals surface area contributed by atoms with Crippen LogP contribution in [0, 0.1) is 6.92 Å². The minimum atomic E-state index is -2.88. The number of ether oxygens (including phenoxy) is 2. The topological polar surface area (TPSA) is 81.3 Å². The van der Waals surface area contributed by atoms with E-state index in [-0.39, 0.29) is 17.9 Å². The van der Waals surface area contributed by atoms with Crippen molar-refractivity contribution in [2.24, 2.45) is 0 Å². The SMILES string of the molecule is CCOC(=O)c1sc2nc(/C=C/c3ccc(OC(F)F)cc3)[nH]c(=O)c2c1C. The van der Waals surface area contributed by atoms with E-state index in [9.17, 15) is 18.4 Å². The summed E-state index contributed by atoms with van der Waals surface area (Å²) in [6.45, 7) is 0.753. The average Bonchev–Trinajstić information content (AvgIpc) is 2.98. The van der Waals surface area contributed by atoms with Gasteiger partial charge < -0.3 is 14.5 Å². The molecular formula is C19H16F2N2O4S. The Balaban J connectivity index is 1.88. The standard InChI is InChI=1S/C19H16F2N2O4S/c1-3-26-18(25)15-10(2)14-16(24)22-13(23-17(14)28-15)9-6-11-4-7-12(8-5-11)27-19(20)21/h4-9,19H,3H2,1-2H3,(H,22,23,24)/b9-6+. The summed E-state index contributed by atoms with van der Waals surface area (Å²) >= 11 is 1.10. The summed E-state index contributed by atoms with van der Waals surface area (Å²) in [6.07, 6.45) is 3.26. The molecule has 1 N–H and O–H groups in total. The number of aromatic amines is 1. The van der Waals surface area contributed by atoms with E-state index in [4.69, 9.17) is 4.74 Å². The molecule has 0 atom stereocenters. The van der Waals surface area contributed by atoms with E-state index in [0.29, 0.717) is 32.0 Å². The van der Waals surface area contributed by atoms with Crippen molar-refractivity contribution in [2.75, 3.05) is 6.61 Å². The van der Waals surface area contributed by atoms with E-state index < -0.39 is 12.6 Å². The van der Waals surface area contributed by atoms with Gasteiger partial charge in [0.05, 0.1) is 12.0 Å². The molecule has 9 heteroatoms. The van der Waals surface area contributed by atoms with Crippen LogP contribution in [0.15, 0.2) is 29.1 Å². The normalized spacial score (nSPS) is 11.5. The third-order valence-electron chi connectivity index (χ3n) is 3.82. The molecule has 0 aliphatic heterocycles. The molecule has 28 heavy (non-hydrogen) atoms. The van der Waals surface area contributed by atoms with Crippen molar-refractivity contribution in [3.8, 4) is 5.75 Å². The van der Waals surface area contributed by atoms with Crippen LogP contribution in [0.5, 0.6) is 5.75 Å². The van der Waals surface area contributed by atoms with Crippen molar-refractivity contribution in [3.05, 3.63) is 56.4 Å². The van der Waals surface area contributed by atoms with E-state index in [0.717, 1.165) is 11.3 Å². The molecule has 0 aliphatic carbocycles. The quantitative estimate of drug-likeness (QED) is 0.619. The largest absolute Gasteiger partial charge is 0.462 e. The van der Waals surface area contributed by atoms with Crippen molar-refractivity contribution in [3.63, 3.8) is 0 Å². The van der Waals surface area contributed by atoms with Gasteiger partial charge in [-0.15, -0.1) is 11.3 Å². The van der Waals surface area contributed by atoms with Crippen LogP contribution in [0.3, 0.4) is 0 Å². The number of nitrogens with one attached hydrogen (secondary N) is 1. The molecule has 0 saturated heterocycles. The Kier molecular flexibility index (Phi) is 5.84. The van der Waals surface area contributed by atoms with E-state index in [2.05, 4.69) is 14.7 Å². The van der Waals surface area contributed by atoms with Crippen LogP contribution in [0.25, 0.3) is 22.4 Å². The monoisotopic (exact) mass is 406 g/mol. The van der Waals surface area contributed by atoms with Gasteiger partial charge >= 0.3 is 12.6 Å². The second-order valence-corrected chi connectivity index (χ2v) is 6.69. The summed E-state index contributed by atoms with van der Waals surface area (Å²) in [4.78, 5) is 32.2. The number of thiophene rings is 1. The fourth-order valence-electron chi connectivity index (χ4n) is 2.57. The van der Waals surface area contributed by atoms with Gasteiger partial charge in [-0.25, -0.2) is 9.78 Å². The minimum Gasteiger partial charge on any atom is -0.462 e. The minimum absolute atomic E-state index is 0.0562. The fourth-order valence-corrected chi connectivity index (χ4v) is 3.65. The molecule has 3 rings (SSSR count). The van der Waals surface area contributed by atoms with Gasteiger partial charge in [0.15, 0.2) is 0 Å². The number of benzene rings is 1. The number of esters is 1. The molecule has 3 aromatic rings. The van der Waals surface area contributed by atoms with Crippen LogP contribution in [-0.4, -0.2) is 29.2 Å². The van der Waals surface area contributed by atoms with Crippen molar-refractivity contribution < 1.29 is 23.0 Å². The van der Waals surface area contributed by atoms with Gasteiger partial charge in [-0.05, 0) is 43.2 Å². The zero-order valence-corrected chi connectivity index (χ0v) is 15.8. The molecule has 0 amide bonds. The molecule has 0 radical (unpaired) electrons. The Labute approximate surface area is 162 Å². The summed E-state index contributed by atoms with van der Waals surface area (Å²) in [5.74, 6) is -0.117. The molecule has 0 unspecified atom stereocenters. The highest BCUT2D eigenvalue weighted by Crippen LogP contribution is 2.27. The molecule has 0 aliphatic rings. The van der Waals surface area contributed by atoms with E-state index >= 15 is 0 Å². The predicted molar refractivity (Wildman–Crippen MR) is 103 cm³/mol. The second-order valence-electron chi connectivity index (χ2n) is 5.69. The van der Waals surface area contributed by atoms with Crippen molar-refractivity contribution >= 4 is 39.7 Å². The van der Waals surface area contributed by atoms with Crippen LogP contribution in [0.1, 0.15) is 33.5 Å². The zero-order chi connectivity index (χ0) is 20.3. The lowest BCUT2D eigenvalue weighted by atomic mass is 10.2. The molecule has 0 spiro atoms. The van der Waals surface area contributed by atoms with Gasteiger partial charge in [0, 0.05) is 0 Å². The first-order valence-corrected chi connectivity index (χ1v) is 9.14. The average molecular weight is 406 g/mol. The smallest absolute Gasteiger partial charge is 0.387 e. The Bertz CT molecular complexity index is 1090. The van der Waals surface area contributed by atoms with Crippen molar-refractivity contribution in [2.45, 2.75) is 20.5 Å². The summed E-state index contributed by atoms with van der Waals surface area (Å²) < 4.78 is 33.6. The second kappa shape index (κ2) is 8.30. The van der Waals surface area contributed by atoms with Crippen LogP contribution >= 0.6 is 11.3 Å². The number of halogens is 2. The number of hydrogen-bond donors (Lipinski definition) is 1. The first kappa shape index (κ1) is 19.7. The van der Waals surface area contributed by atoms with Gasteiger partial charge in [-0.2, -0.15) is 8.78 Å².